The lowest BCUT2D eigenvalue weighted by Crippen LogP contribution is -2.49. The maximum absolute atomic E-state index is 12.8. The second kappa shape index (κ2) is 7.50. The lowest BCUT2D eigenvalue weighted by atomic mass is 10.1. The summed E-state index contributed by atoms with van der Waals surface area (Å²) in [5, 5.41) is 2.71. The molecular formula is C16H20F3N3O. The van der Waals surface area contributed by atoms with E-state index in [2.05, 4.69) is 11.9 Å². The standard InChI is InChI=1S/C16H20F3N3O/c1-2-6-20-15(23)12-21-7-9-22(10-8-21)14-5-3-4-13(11-14)16(17,18)19/h2-5,11H,1,6-10,12H2,(H,20,23). The molecule has 0 aliphatic carbocycles. The Bertz CT molecular complexity index is 552. The Hall–Kier alpha value is -2.02. The van der Waals surface area contributed by atoms with Crippen LogP contribution >= 0.6 is 0 Å². The van der Waals surface area contributed by atoms with Gasteiger partial charge >= 0.3 is 6.18 Å². The summed E-state index contributed by atoms with van der Waals surface area (Å²) >= 11 is 0. The molecule has 126 valence electrons. The van der Waals surface area contributed by atoms with Crippen LogP contribution < -0.4 is 10.2 Å². The van der Waals surface area contributed by atoms with E-state index in [1.54, 1.807) is 12.1 Å². The Morgan fingerprint density at radius 3 is 2.57 bits per heavy atom. The third kappa shape index (κ3) is 4.99. The summed E-state index contributed by atoms with van der Waals surface area (Å²) in [4.78, 5) is 15.5. The zero-order chi connectivity index (χ0) is 16.9. The molecule has 0 atom stereocenters. The fourth-order valence-corrected chi connectivity index (χ4v) is 2.49. The van der Waals surface area contributed by atoms with Gasteiger partial charge in [-0.3, -0.25) is 9.69 Å². The average Bonchev–Trinajstić information content (AvgIpc) is 2.53. The molecule has 0 saturated carbocycles. The number of halogens is 3. The molecule has 1 aliphatic rings. The third-order valence-corrected chi connectivity index (χ3v) is 3.72. The summed E-state index contributed by atoms with van der Waals surface area (Å²) in [7, 11) is 0. The van der Waals surface area contributed by atoms with Gasteiger partial charge in [0, 0.05) is 38.4 Å². The topological polar surface area (TPSA) is 35.6 Å². The number of anilines is 1. The molecule has 1 heterocycles. The highest BCUT2D eigenvalue weighted by Gasteiger charge is 2.31. The molecule has 0 aromatic heterocycles. The molecule has 1 saturated heterocycles. The lowest BCUT2D eigenvalue weighted by molar-refractivity contribution is -0.137. The summed E-state index contributed by atoms with van der Waals surface area (Å²) in [6.45, 7) is 6.72. The summed E-state index contributed by atoms with van der Waals surface area (Å²) in [6, 6.07) is 5.35. The average molecular weight is 327 g/mol. The van der Waals surface area contributed by atoms with Crippen molar-refractivity contribution in [2.24, 2.45) is 0 Å². The van der Waals surface area contributed by atoms with Crippen molar-refractivity contribution >= 4 is 11.6 Å². The molecule has 4 nitrogen and oxygen atoms in total. The van der Waals surface area contributed by atoms with Crippen molar-refractivity contribution < 1.29 is 18.0 Å². The van der Waals surface area contributed by atoms with E-state index in [4.69, 9.17) is 0 Å². The van der Waals surface area contributed by atoms with E-state index in [1.807, 2.05) is 9.80 Å². The number of carbonyl (C=O) groups excluding carboxylic acids is 1. The second-order valence-electron chi connectivity index (χ2n) is 5.40. The van der Waals surface area contributed by atoms with Gasteiger partial charge in [0.25, 0.3) is 0 Å². The number of nitrogens with one attached hydrogen (secondary N) is 1. The van der Waals surface area contributed by atoms with Crippen LogP contribution in [0.2, 0.25) is 0 Å². The SMILES string of the molecule is C=CCNC(=O)CN1CCN(c2cccc(C(F)(F)F)c2)CC1. The molecule has 1 fully saturated rings. The van der Waals surface area contributed by atoms with Gasteiger partial charge < -0.3 is 10.2 Å². The number of benzene rings is 1. The highest BCUT2D eigenvalue weighted by atomic mass is 19.4. The molecule has 2 rings (SSSR count). The first-order chi connectivity index (χ1) is 10.9. The fraction of sp³-hybridized carbons (Fsp3) is 0.438. The predicted molar refractivity (Wildman–Crippen MR) is 83.3 cm³/mol. The highest BCUT2D eigenvalue weighted by molar-refractivity contribution is 5.78. The molecule has 1 aromatic rings. The Morgan fingerprint density at radius 1 is 1.26 bits per heavy atom. The monoisotopic (exact) mass is 327 g/mol. The van der Waals surface area contributed by atoms with Gasteiger partial charge in [-0.2, -0.15) is 13.2 Å². The summed E-state index contributed by atoms with van der Waals surface area (Å²) in [6.07, 6.45) is -2.72. The summed E-state index contributed by atoms with van der Waals surface area (Å²) in [5.74, 6) is -0.0718. The Kier molecular flexibility index (Phi) is 5.65. The van der Waals surface area contributed by atoms with Gasteiger partial charge in [-0.15, -0.1) is 6.58 Å². The molecule has 0 radical (unpaired) electrons. The first-order valence-corrected chi connectivity index (χ1v) is 7.42. The number of nitrogens with zero attached hydrogens (tertiary/aromatic N) is 2. The van der Waals surface area contributed by atoms with Crippen molar-refractivity contribution in [3.05, 3.63) is 42.5 Å². The number of hydrogen-bond donors (Lipinski definition) is 1. The molecule has 7 heteroatoms. The molecular weight excluding hydrogens is 307 g/mol. The molecule has 1 N–H and O–H groups in total. The molecule has 23 heavy (non-hydrogen) atoms. The number of rotatable bonds is 5. The van der Waals surface area contributed by atoms with Crippen LogP contribution in [0.3, 0.4) is 0 Å². The third-order valence-electron chi connectivity index (χ3n) is 3.72. The van der Waals surface area contributed by atoms with Crippen LogP contribution in [0.5, 0.6) is 0 Å². The van der Waals surface area contributed by atoms with E-state index < -0.39 is 11.7 Å². The normalized spacial score (nSPS) is 16.2. The van der Waals surface area contributed by atoms with E-state index in [-0.39, 0.29) is 5.91 Å². The van der Waals surface area contributed by atoms with Gasteiger partial charge in [-0.05, 0) is 18.2 Å². The second-order valence-corrected chi connectivity index (χ2v) is 5.40. The van der Waals surface area contributed by atoms with E-state index in [0.29, 0.717) is 45.0 Å². The van der Waals surface area contributed by atoms with Gasteiger partial charge in [-0.25, -0.2) is 0 Å². The fourth-order valence-electron chi connectivity index (χ4n) is 2.49. The van der Waals surface area contributed by atoms with Gasteiger partial charge in [0.1, 0.15) is 0 Å². The minimum Gasteiger partial charge on any atom is -0.369 e. The van der Waals surface area contributed by atoms with Crippen molar-refractivity contribution in [1.82, 2.24) is 10.2 Å². The zero-order valence-corrected chi connectivity index (χ0v) is 12.8. The van der Waals surface area contributed by atoms with E-state index in [9.17, 15) is 18.0 Å². The number of amides is 1. The van der Waals surface area contributed by atoms with Gasteiger partial charge in [0.2, 0.25) is 5.91 Å². The minimum absolute atomic E-state index is 0.0718. The number of hydrogen-bond acceptors (Lipinski definition) is 3. The van der Waals surface area contributed by atoms with Crippen LogP contribution in [0.25, 0.3) is 0 Å². The first kappa shape index (κ1) is 17.3. The quantitative estimate of drug-likeness (QED) is 0.842. The van der Waals surface area contributed by atoms with Crippen molar-refractivity contribution in [3.63, 3.8) is 0 Å². The van der Waals surface area contributed by atoms with Gasteiger partial charge in [-0.1, -0.05) is 12.1 Å². The largest absolute Gasteiger partial charge is 0.416 e. The maximum atomic E-state index is 12.8. The number of piperazine rings is 1. The summed E-state index contributed by atoms with van der Waals surface area (Å²) in [5.41, 5.74) is -0.0724. The van der Waals surface area contributed by atoms with Crippen molar-refractivity contribution in [2.45, 2.75) is 6.18 Å². The highest BCUT2D eigenvalue weighted by Crippen LogP contribution is 2.31. The molecule has 0 unspecified atom stereocenters. The molecule has 1 amide bonds. The van der Waals surface area contributed by atoms with Crippen LogP contribution in [-0.4, -0.2) is 50.1 Å². The van der Waals surface area contributed by atoms with Crippen LogP contribution in [0, 0.1) is 0 Å². The number of alkyl halides is 3. The first-order valence-electron chi connectivity index (χ1n) is 7.42. The molecule has 1 aliphatic heterocycles. The van der Waals surface area contributed by atoms with Crippen LogP contribution in [-0.2, 0) is 11.0 Å². The maximum Gasteiger partial charge on any atom is 0.416 e. The number of carbonyl (C=O) groups is 1. The van der Waals surface area contributed by atoms with Crippen LogP contribution in [0.1, 0.15) is 5.56 Å². The molecule has 0 spiro atoms. The molecule has 0 bridgehead atoms. The van der Waals surface area contributed by atoms with Gasteiger partial charge in [0.15, 0.2) is 0 Å². The van der Waals surface area contributed by atoms with E-state index in [0.717, 1.165) is 6.07 Å². The summed E-state index contributed by atoms with van der Waals surface area (Å²) < 4.78 is 38.3. The molecule has 1 aromatic carbocycles. The Labute approximate surface area is 133 Å². The lowest BCUT2D eigenvalue weighted by Gasteiger charge is -2.35. The van der Waals surface area contributed by atoms with Crippen molar-refractivity contribution in [2.75, 3.05) is 44.2 Å². The minimum atomic E-state index is -4.33. The van der Waals surface area contributed by atoms with E-state index in [1.165, 1.54) is 12.1 Å². The van der Waals surface area contributed by atoms with Gasteiger partial charge in [0.05, 0.1) is 12.1 Å². The van der Waals surface area contributed by atoms with E-state index >= 15 is 0 Å². The smallest absolute Gasteiger partial charge is 0.369 e. The van der Waals surface area contributed by atoms with Crippen molar-refractivity contribution in [1.29, 1.82) is 0 Å². The van der Waals surface area contributed by atoms with Crippen molar-refractivity contribution in [3.8, 4) is 0 Å². The van der Waals surface area contributed by atoms with Crippen LogP contribution in [0.4, 0.5) is 18.9 Å². The Balaban J connectivity index is 1.89. The van der Waals surface area contributed by atoms with Crippen LogP contribution in [0.15, 0.2) is 36.9 Å². The zero-order valence-electron chi connectivity index (χ0n) is 12.8. The Morgan fingerprint density at radius 2 is 1.96 bits per heavy atom. The predicted octanol–water partition coefficient (Wildman–Crippen LogP) is 2.13.